The first-order chi connectivity index (χ1) is 13.6. The highest BCUT2D eigenvalue weighted by molar-refractivity contribution is 6.11. The van der Waals surface area contributed by atoms with Crippen LogP contribution in [0.3, 0.4) is 0 Å². The molecule has 0 fully saturated rings. The van der Waals surface area contributed by atoms with Gasteiger partial charge in [-0.05, 0) is 42.3 Å². The van der Waals surface area contributed by atoms with Crippen LogP contribution >= 0.6 is 0 Å². The maximum atomic E-state index is 13.1. The van der Waals surface area contributed by atoms with E-state index in [9.17, 15) is 9.59 Å². The van der Waals surface area contributed by atoms with E-state index in [0.717, 1.165) is 12.8 Å². The van der Waals surface area contributed by atoms with Crippen LogP contribution in [0.25, 0.3) is 0 Å². The van der Waals surface area contributed by atoms with Gasteiger partial charge in [0, 0.05) is 0 Å². The molecule has 6 heteroatoms. The van der Waals surface area contributed by atoms with Crippen molar-refractivity contribution in [2.75, 3.05) is 20.8 Å². The third-order valence-electron chi connectivity index (χ3n) is 4.72. The normalized spacial score (nSPS) is 18.0. The van der Waals surface area contributed by atoms with Gasteiger partial charge in [0.15, 0.2) is 11.7 Å². The minimum Gasteiger partial charge on any atom is -0.497 e. The van der Waals surface area contributed by atoms with Gasteiger partial charge in [0.25, 0.3) is 0 Å². The molecule has 0 saturated carbocycles. The molecule has 0 radical (unpaired) electrons. The number of Topliss-reactive ketones (excluding diaryl/α,β-unsaturated/α-hetero) is 1. The highest BCUT2D eigenvalue weighted by atomic mass is 16.5. The number of rotatable bonds is 7. The quantitative estimate of drug-likeness (QED) is 0.409. The molecule has 0 bridgehead atoms. The maximum Gasteiger partial charge on any atom is 0.320 e. The number of ether oxygens (including phenoxy) is 4. The Morgan fingerprint density at radius 1 is 1.07 bits per heavy atom. The molecule has 6 nitrogen and oxygen atoms in total. The average molecular weight is 384 g/mol. The Bertz CT molecular complexity index is 843. The van der Waals surface area contributed by atoms with E-state index in [2.05, 4.69) is 6.92 Å². The molecule has 0 spiro atoms. The molecule has 28 heavy (non-hydrogen) atoms. The van der Waals surface area contributed by atoms with Crippen LogP contribution in [-0.2, 0) is 9.53 Å². The van der Waals surface area contributed by atoms with Crippen LogP contribution in [0.2, 0.25) is 0 Å². The summed E-state index contributed by atoms with van der Waals surface area (Å²) in [6.07, 6.45) is 1.16. The molecule has 1 heterocycles. The van der Waals surface area contributed by atoms with Crippen LogP contribution in [0.15, 0.2) is 42.5 Å². The summed E-state index contributed by atoms with van der Waals surface area (Å²) in [5.41, 5.74) is 1.02. The van der Waals surface area contributed by atoms with Gasteiger partial charge in [0.1, 0.15) is 23.4 Å². The number of esters is 1. The van der Waals surface area contributed by atoms with Crippen LogP contribution in [0.5, 0.6) is 17.2 Å². The zero-order valence-corrected chi connectivity index (χ0v) is 16.3. The van der Waals surface area contributed by atoms with Gasteiger partial charge in [-0.3, -0.25) is 9.59 Å². The van der Waals surface area contributed by atoms with Crippen molar-refractivity contribution in [2.45, 2.75) is 25.9 Å². The van der Waals surface area contributed by atoms with Crippen molar-refractivity contribution in [2.24, 2.45) is 5.92 Å². The number of hydrogen-bond acceptors (Lipinski definition) is 6. The Kier molecular flexibility index (Phi) is 6.19. The second-order valence-electron chi connectivity index (χ2n) is 6.54. The van der Waals surface area contributed by atoms with Crippen molar-refractivity contribution in [3.8, 4) is 17.2 Å². The molecular formula is C22H24O6. The van der Waals surface area contributed by atoms with Gasteiger partial charge in [0.2, 0.25) is 0 Å². The number of hydrogen-bond donors (Lipinski definition) is 0. The van der Waals surface area contributed by atoms with Crippen LogP contribution < -0.4 is 14.2 Å². The minimum atomic E-state index is -1.09. The summed E-state index contributed by atoms with van der Waals surface area (Å²) in [5, 5.41) is 0. The number of carbonyl (C=O) groups excluding carboxylic acids is 2. The molecule has 2 atom stereocenters. The standard InChI is InChI=1S/C22H24O6/c1-4-5-12-27-16-10-11-18-17(13-16)20(23)19(22(24)26-3)21(28-18)14-6-8-15(25-2)9-7-14/h6-11,13,19,21H,4-5,12H2,1-3H3/t19-,21+/m0/s1. The molecule has 0 N–H and O–H groups in total. The lowest BCUT2D eigenvalue weighted by Gasteiger charge is -2.31. The molecule has 0 aliphatic carbocycles. The van der Waals surface area contributed by atoms with Crippen LogP contribution in [0.1, 0.15) is 41.8 Å². The van der Waals surface area contributed by atoms with Gasteiger partial charge in [-0.2, -0.15) is 0 Å². The topological polar surface area (TPSA) is 71.1 Å². The smallest absolute Gasteiger partial charge is 0.320 e. The largest absolute Gasteiger partial charge is 0.497 e. The summed E-state index contributed by atoms with van der Waals surface area (Å²) in [6.45, 7) is 2.65. The third-order valence-corrected chi connectivity index (χ3v) is 4.72. The fraction of sp³-hybridized carbons (Fsp3) is 0.364. The van der Waals surface area contributed by atoms with Gasteiger partial charge < -0.3 is 18.9 Å². The highest BCUT2D eigenvalue weighted by Crippen LogP contribution is 2.41. The van der Waals surface area contributed by atoms with E-state index < -0.39 is 18.0 Å². The molecule has 2 aromatic carbocycles. The molecule has 2 aromatic rings. The minimum absolute atomic E-state index is 0.328. The van der Waals surface area contributed by atoms with Crippen molar-refractivity contribution in [1.82, 2.24) is 0 Å². The number of ketones is 1. The van der Waals surface area contributed by atoms with Gasteiger partial charge in [-0.15, -0.1) is 0 Å². The summed E-state index contributed by atoms with van der Waals surface area (Å²) in [4.78, 5) is 25.6. The molecule has 1 aliphatic rings. The zero-order valence-electron chi connectivity index (χ0n) is 16.3. The lowest BCUT2D eigenvalue weighted by atomic mass is 9.85. The van der Waals surface area contributed by atoms with Crippen LogP contribution in [0.4, 0.5) is 0 Å². The predicted molar refractivity (Wildman–Crippen MR) is 103 cm³/mol. The second-order valence-corrected chi connectivity index (χ2v) is 6.54. The molecular weight excluding hydrogens is 360 g/mol. The Labute approximate surface area is 164 Å². The van der Waals surface area contributed by atoms with Crippen molar-refractivity contribution in [3.05, 3.63) is 53.6 Å². The Balaban J connectivity index is 1.95. The lowest BCUT2D eigenvalue weighted by Crippen LogP contribution is -2.37. The summed E-state index contributed by atoms with van der Waals surface area (Å²) in [7, 11) is 2.84. The Morgan fingerprint density at radius 3 is 2.43 bits per heavy atom. The SMILES string of the molecule is CCCCOc1ccc2c(c1)C(=O)[C@H](C(=O)OC)[C@@H](c1ccc(OC)cc1)O2. The molecule has 0 saturated heterocycles. The van der Waals surface area contributed by atoms with Gasteiger partial charge in [0.05, 0.1) is 26.4 Å². The number of fused-ring (bicyclic) bond motifs is 1. The number of methoxy groups -OCH3 is 2. The van der Waals surface area contributed by atoms with Gasteiger partial charge in [-0.1, -0.05) is 25.5 Å². The van der Waals surface area contributed by atoms with Crippen LogP contribution in [0, 0.1) is 5.92 Å². The lowest BCUT2D eigenvalue weighted by molar-refractivity contribution is -0.146. The maximum absolute atomic E-state index is 13.1. The van der Waals surface area contributed by atoms with E-state index in [1.165, 1.54) is 7.11 Å². The van der Waals surface area contributed by atoms with Crippen molar-refractivity contribution >= 4 is 11.8 Å². The average Bonchev–Trinajstić information content (AvgIpc) is 2.73. The molecule has 1 aliphatic heterocycles. The summed E-state index contributed by atoms with van der Waals surface area (Å²) >= 11 is 0. The van der Waals surface area contributed by atoms with Crippen molar-refractivity contribution in [3.63, 3.8) is 0 Å². The molecule has 0 unspecified atom stereocenters. The van der Waals surface area contributed by atoms with E-state index in [0.29, 0.717) is 35.0 Å². The van der Waals surface area contributed by atoms with Crippen molar-refractivity contribution < 1.29 is 28.5 Å². The van der Waals surface area contributed by atoms with E-state index in [-0.39, 0.29) is 5.78 Å². The van der Waals surface area contributed by atoms with Gasteiger partial charge >= 0.3 is 5.97 Å². The van der Waals surface area contributed by atoms with Crippen LogP contribution in [-0.4, -0.2) is 32.6 Å². The fourth-order valence-electron chi connectivity index (χ4n) is 3.15. The highest BCUT2D eigenvalue weighted by Gasteiger charge is 2.44. The third kappa shape index (κ3) is 3.96. The molecule has 0 amide bonds. The molecule has 148 valence electrons. The summed E-state index contributed by atoms with van der Waals surface area (Å²) < 4.78 is 21.8. The van der Waals surface area contributed by atoms with E-state index in [1.807, 2.05) is 0 Å². The summed E-state index contributed by atoms with van der Waals surface area (Å²) in [5.74, 6) is -0.375. The molecule has 0 aromatic heterocycles. The van der Waals surface area contributed by atoms with Crippen molar-refractivity contribution in [1.29, 1.82) is 0 Å². The van der Waals surface area contributed by atoms with Gasteiger partial charge in [-0.25, -0.2) is 0 Å². The Morgan fingerprint density at radius 2 is 1.79 bits per heavy atom. The first-order valence-corrected chi connectivity index (χ1v) is 9.28. The Hall–Kier alpha value is -3.02. The fourth-order valence-corrected chi connectivity index (χ4v) is 3.15. The molecule has 3 rings (SSSR count). The van der Waals surface area contributed by atoms with E-state index in [4.69, 9.17) is 18.9 Å². The van der Waals surface area contributed by atoms with E-state index in [1.54, 1.807) is 49.6 Å². The monoisotopic (exact) mass is 384 g/mol. The van der Waals surface area contributed by atoms with E-state index >= 15 is 0 Å². The number of unbranched alkanes of at least 4 members (excludes halogenated alkanes) is 1. The number of benzene rings is 2. The second kappa shape index (κ2) is 8.78. The predicted octanol–water partition coefficient (Wildman–Crippen LogP) is 3.98. The number of carbonyl (C=O) groups is 2. The summed E-state index contributed by atoms with van der Waals surface area (Å²) in [6, 6.07) is 12.2. The first kappa shape index (κ1) is 19.7. The zero-order chi connectivity index (χ0) is 20.1. The first-order valence-electron chi connectivity index (χ1n) is 9.28.